The Labute approximate surface area is 116 Å². The highest BCUT2D eigenvalue weighted by Gasteiger charge is 2.20. The molecule has 0 fully saturated rings. The van der Waals surface area contributed by atoms with Crippen LogP contribution in [0.4, 0.5) is 0 Å². The summed E-state index contributed by atoms with van der Waals surface area (Å²) >= 11 is 0. The number of nitrogens with one attached hydrogen (secondary N) is 1. The zero-order valence-corrected chi connectivity index (χ0v) is 12.7. The van der Waals surface area contributed by atoms with Crippen molar-refractivity contribution < 1.29 is 0 Å². The predicted molar refractivity (Wildman–Crippen MR) is 81.3 cm³/mol. The monoisotopic (exact) mass is 259 g/mol. The van der Waals surface area contributed by atoms with Crippen LogP contribution in [0.15, 0.2) is 24.3 Å². The summed E-state index contributed by atoms with van der Waals surface area (Å²) in [5, 5.41) is 9.39. The summed E-state index contributed by atoms with van der Waals surface area (Å²) in [6, 6.07) is 8.92. The Bertz CT molecular complexity index is 549. The third-order valence-corrected chi connectivity index (χ3v) is 3.54. The van der Waals surface area contributed by atoms with Crippen LogP contribution in [0.25, 0.3) is 10.9 Å². The van der Waals surface area contributed by atoms with Gasteiger partial charge in [-0.1, -0.05) is 39.0 Å². The minimum Gasteiger partial charge on any atom is -0.317 e. The summed E-state index contributed by atoms with van der Waals surface area (Å²) < 4.78 is 1.98. The molecule has 0 radical (unpaired) electrons. The highest BCUT2D eigenvalue weighted by Crippen LogP contribution is 2.24. The van der Waals surface area contributed by atoms with Crippen LogP contribution in [-0.2, 0) is 13.5 Å². The summed E-state index contributed by atoms with van der Waals surface area (Å²) in [5.41, 5.74) is 2.74. The topological polar surface area (TPSA) is 29.9 Å². The molecule has 1 N–H and O–H groups in total. The van der Waals surface area contributed by atoms with Crippen LogP contribution in [0.1, 0.15) is 32.9 Å². The molecule has 1 aromatic carbocycles. The Balaban J connectivity index is 2.25. The first-order chi connectivity index (χ1) is 8.90. The van der Waals surface area contributed by atoms with E-state index in [0.717, 1.165) is 12.8 Å². The lowest BCUT2D eigenvalue weighted by Gasteiger charge is -2.25. The van der Waals surface area contributed by atoms with E-state index in [2.05, 4.69) is 55.5 Å². The van der Waals surface area contributed by atoms with Crippen molar-refractivity contribution in [2.75, 3.05) is 7.05 Å². The summed E-state index contributed by atoms with van der Waals surface area (Å²) in [5.74, 6) is 0. The first kappa shape index (κ1) is 14.1. The van der Waals surface area contributed by atoms with Crippen LogP contribution in [0.3, 0.4) is 0 Å². The minimum atomic E-state index is 0.332. The van der Waals surface area contributed by atoms with E-state index in [0.29, 0.717) is 11.5 Å². The maximum Gasteiger partial charge on any atom is 0.0718 e. The third kappa shape index (κ3) is 3.35. The van der Waals surface area contributed by atoms with E-state index in [1.807, 2.05) is 18.8 Å². The van der Waals surface area contributed by atoms with Gasteiger partial charge in [0.1, 0.15) is 0 Å². The SMILES string of the molecule is CNC(Cc1nn(C)c2ccccc12)CC(C)(C)C. The number of nitrogens with zero attached hydrogens (tertiary/aromatic N) is 2. The first-order valence-corrected chi connectivity index (χ1v) is 6.98. The van der Waals surface area contributed by atoms with Gasteiger partial charge in [-0.15, -0.1) is 0 Å². The Kier molecular flexibility index (Phi) is 3.95. The van der Waals surface area contributed by atoms with Gasteiger partial charge >= 0.3 is 0 Å². The van der Waals surface area contributed by atoms with Crippen LogP contribution in [0.5, 0.6) is 0 Å². The second-order valence-corrected chi connectivity index (χ2v) is 6.54. The number of aromatic nitrogens is 2. The Morgan fingerprint density at radius 2 is 1.95 bits per heavy atom. The molecule has 3 nitrogen and oxygen atoms in total. The van der Waals surface area contributed by atoms with E-state index in [1.165, 1.54) is 16.6 Å². The maximum atomic E-state index is 4.68. The molecule has 0 aliphatic carbocycles. The van der Waals surface area contributed by atoms with E-state index in [-0.39, 0.29) is 0 Å². The maximum absolute atomic E-state index is 4.68. The Hall–Kier alpha value is -1.35. The normalized spacial score (nSPS) is 13.9. The molecule has 0 spiro atoms. The Morgan fingerprint density at radius 1 is 1.26 bits per heavy atom. The molecule has 0 aliphatic heterocycles. The number of fused-ring (bicyclic) bond motifs is 1. The number of hydrogen-bond donors (Lipinski definition) is 1. The van der Waals surface area contributed by atoms with Gasteiger partial charge in [-0.2, -0.15) is 5.10 Å². The molecular formula is C16H25N3. The zero-order valence-electron chi connectivity index (χ0n) is 12.7. The van der Waals surface area contributed by atoms with Gasteiger partial charge in [-0.3, -0.25) is 4.68 Å². The second kappa shape index (κ2) is 5.33. The van der Waals surface area contributed by atoms with E-state index in [4.69, 9.17) is 0 Å². The molecule has 0 saturated heterocycles. The standard InChI is InChI=1S/C16H25N3/c1-16(2,3)11-12(17-4)10-14-13-8-6-7-9-15(13)19(5)18-14/h6-9,12,17H,10-11H2,1-5H3. The number of aryl methyl sites for hydroxylation is 1. The fraction of sp³-hybridized carbons (Fsp3) is 0.562. The van der Waals surface area contributed by atoms with Crippen molar-refractivity contribution in [1.29, 1.82) is 0 Å². The molecule has 0 amide bonds. The smallest absolute Gasteiger partial charge is 0.0718 e. The van der Waals surface area contributed by atoms with Crippen molar-refractivity contribution in [2.45, 2.75) is 39.7 Å². The van der Waals surface area contributed by atoms with E-state index in [9.17, 15) is 0 Å². The molecule has 104 valence electrons. The van der Waals surface area contributed by atoms with E-state index >= 15 is 0 Å². The largest absolute Gasteiger partial charge is 0.317 e. The lowest BCUT2D eigenvalue weighted by Crippen LogP contribution is -2.32. The van der Waals surface area contributed by atoms with Gasteiger partial charge in [0.2, 0.25) is 0 Å². The molecule has 1 atom stereocenters. The fourth-order valence-electron chi connectivity index (χ4n) is 2.69. The van der Waals surface area contributed by atoms with Crippen LogP contribution < -0.4 is 5.32 Å². The second-order valence-electron chi connectivity index (χ2n) is 6.54. The van der Waals surface area contributed by atoms with Crippen LogP contribution in [-0.4, -0.2) is 22.9 Å². The third-order valence-electron chi connectivity index (χ3n) is 3.54. The van der Waals surface area contributed by atoms with Gasteiger partial charge in [0.05, 0.1) is 11.2 Å². The van der Waals surface area contributed by atoms with E-state index < -0.39 is 0 Å². The molecule has 0 aliphatic rings. The molecule has 0 saturated carbocycles. The number of rotatable bonds is 4. The van der Waals surface area contributed by atoms with Crippen molar-refractivity contribution in [2.24, 2.45) is 12.5 Å². The molecular weight excluding hydrogens is 234 g/mol. The summed E-state index contributed by atoms with van der Waals surface area (Å²) in [6.45, 7) is 6.86. The molecule has 2 aromatic rings. The van der Waals surface area contributed by atoms with Gasteiger partial charge in [0.25, 0.3) is 0 Å². The molecule has 1 heterocycles. The van der Waals surface area contributed by atoms with Gasteiger partial charge < -0.3 is 5.32 Å². The molecule has 0 bridgehead atoms. The highest BCUT2D eigenvalue weighted by atomic mass is 15.3. The predicted octanol–water partition coefficient (Wildman–Crippen LogP) is 3.14. The zero-order chi connectivity index (χ0) is 14.0. The van der Waals surface area contributed by atoms with Crippen LogP contribution in [0, 0.1) is 5.41 Å². The Morgan fingerprint density at radius 3 is 2.58 bits per heavy atom. The van der Waals surface area contributed by atoms with Crippen molar-refractivity contribution in [3.05, 3.63) is 30.0 Å². The van der Waals surface area contributed by atoms with Gasteiger partial charge in [0.15, 0.2) is 0 Å². The lowest BCUT2D eigenvalue weighted by molar-refractivity contribution is 0.315. The average Bonchev–Trinajstić information content (AvgIpc) is 2.65. The highest BCUT2D eigenvalue weighted by molar-refractivity contribution is 5.81. The van der Waals surface area contributed by atoms with Gasteiger partial charge in [-0.25, -0.2) is 0 Å². The number of para-hydroxylation sites is 1. The van der Waals surface area contributed by atoms with Crippen molar-refractivity contribution in [1.82, 2.24) is 15.1 Å². The number of benzene rings is 1. The fourth-order valence-corrected chi connectivity index (χ4v) is 2.69. The molecule has 2 rings (SSSR count). The van der Waals surface area contributed by atoms with E-state index in [1.54, 1.807) is 0 Å². The lowest BCUT2D eigenvalue weighted by atomic mass is 9.86. The average molecular weight is 259 g/mol. The quantitative estimate of drug-likeness (QED) is 0.914. The van der Waals surface area contributed by atoms with Gasteiger partial charge in [0, 0.05) is 24.9 Å². The number of hydrogen-bond acceptors (Lipinski definition) is 2. The van der Waals surface area contributed by atoms with Crippen molar-refractivity contribution in [3.8, 4) is 0 Å². The molecule has 3 heteroatoms. The van der Waals surface area contributed by atoms with Crippen molar-refractivity contribution >= 4 is 10.9 Å². The molecule has 1 unspecified atom stereocenters. The van der Waals surface area contributed by atoms with Crippen molar-refractivity contribution in [3.63, 3.8) is 0 Å². The molecule has 19 heavy (non-hydrogen) atoms. The summed E-state index contributed by atoms with van der Waals surface area (Å²) in [7, 11) is 4.06. The van der Waals surface area contributed by atoms with Gasteiger partial charge in [-0.05, 0) is 24.9 Å². The first-order valence-electron chi connectivity index (χ1n) is 6.98. The molecule has 1 aromatic heterocycles. The van der Waals surface area contributed by atoms with Crippen LogP contribution in [0.2, 0.25) is 0 Å². The van der Waals surface area contributed by atoms with Crippen LogP contribution >= 0.6 is 0 Å². The number of likely N-dealkylation sites (N-methyl/N-ethyl adjacent to an activating group) is 1. The minimum absolute atomic E-state index is 0.332. The summed E-state index contributed by atoms with van der Waals surface area (Å²) in [6.07, 6.45) is 2.13. The summed E-state index contributed by atoms with van der Waals surface area (Å²) in [4.78, 5) is 0.